The first-order chi connectivity index (χ1) is 23.7. The number of hydrogen-bond acceptors (Lipinski definition) is 3. The highest BCUT2D eigenvalue weighted by Crippen LogP contribution is 2.44. The second kappa shape index (κ2) is 14.8. The van der Waals surface area contributed by atoms with Crippen LogP contribution in [0.4, 0.5) is 0 Å². The minimum Gasteiger partial charge on any atom is -0.318 e. The molecule has 7 rings (SSSR count). The van der Waals surface area contributed by atoms with Crippen molar-refractivity contribution in [1.82, 2.24) is 9.55 Å². The first kappa shape index (κ1) is 32.2. The lowest BCUT2D eigenvalue weighted by atomic mass is 10.0. The highest BCUT2D eigenvalue weighted by Gasteiger charge is 2.19. The number of amidine groups is 2. The van der Waals surface area contributed by atoms with E-state index >= 15 is 0 Å². The van der Waals surface area contributed by atoms with E-state index < -0.39 is 0 Å². The average Bonchev–Trinajstić information content (AvgIpc) is 3.69. The summed E-state index contributed by atoms with van der Waals surface area (Å²) in [6, 6.07) is 35.4. The molecule has 0 radical (unpaired) electrons. The Morgan fingerprint density at radius 1 is 0.875 bits per heavy atom. The Balaban J connectivity index is 0.00000197. The zero-order valence-electron chi connectivity index (χ0n) is 27.5. The van der Waals surface area contributed by atoms with Crippen molar-refractivity contribution in [2.24, 2.45) is 15.0 Å². The Morgan fingerprint density at radius 2 is 1.58 bits per heavy atom. The van der Waals surface area contributed by atoms with E-state index in [1.165, 1.54) is 26.6 Å². The SMILES string of the molecule is C=C\C=C/C(=C\C)C(/N=C(N=C)c1ccccc1)=N/Cn1c2ccccc2c2ncc3sc4c(-c5ccccc5)cccc4c3c21.CC. The molecule has 0 aliphatic heterocycles. The molecule has 0 saturated heterocycles. The summed E-state index contributed by atoms with van der Waals surface area (Å²) in [5.74, 6) is 1.06. The van der Waals surface area contributed by atoms with Crippen molar-refractivity contribution in [3.8, 4) is 11.1 Å². The number of benzene rings is 4. The number of aliphatic imine (C=N–C) groups is 3. The molecule has 0 bridgehead atoms. The summed E-state index contributed by atoms with van der Waals surface area (Å²) in [5.41, 5.74) is 7.25. The molecular formula is C42H37N5S. The number of allylic oxidation sites excluding steroid dienone is 3. The van der Waals surface area contributed by atoms with Crippen molar-refractivity contribution in [1.29, 1.82) is 0 Å². The highest BCUT2D eigenvalue weighted by atomic mass is 32.1. The Morgan fingerprint density at radius 3 is 2.31 bits per heavy atom. The normalized spacial score (nSPS) is 12.6. The number of hydrogen-bond donors (Lipinski definition) is 0. The van der Waals surface area contributed by atoms with Gasteiger partial charge in [-0.25, -0.2) is 15.0 Å². The minimum atomic E-state index is 0.331. The molecule has 6 heteroatoms. The van der Waals surface area contributed by atoms with Crippen molar-refractivity contribution < 1.29 is 0 Å². The van der Waals surface area contributed by atoms with Crippen LogP contribution < -0.4 is 0 Å². The van der Waals surface area contributed by atoms with Crippen LogP contribution in [0.2, 0.25) is 0 Å². The van der Waals surface area contributed by atoms with Crippen LogP contribution in [0.15, 0.2) is 161 Å². The topological polar surface area (TPSA) is 54.9 Å². The van der Waals surface area contributed by atoms with E-state index in [9.17, 15) is 0 Å². The highest BCUT2D eigenvalue weighted by molar-refractivity contribution is 7.26. The van der Waals surface area contributed by atoms with Crippen LogP contribution in [0.3, 0.4) is 0 Å². The van der Waals surface area contributed by atoms with Crippen molar-refractivity contribution in [2.45, 2.75) is 27.4 Å². The molecule has 0 fully saturated rings. The van der Waals surface area contributed by atoms with Crippen LogP contribution >= 0.6 is 11.3 Å². The van der Waals surface area contributed by atoms with Gasteiger partial charge in [0.15, 0.2) is 11.7 Å². The van der Waals surface area contributed by atoms with Crippen molar-refractivity contribution in [3.63, 3.8) is 0 Å². The Hall–Kier alpha value is -5.72. The Labute approximate surface area is 285 Å². The summed E-state index contributed by atoms with van der Waals surface area (Å²) in [6.07, 6.45) is 9.61. The van der Waals surface area contributed by atoms with Gasteiger partial charge in [-0.1, -0.05) is 142 Å². The van der Waals surface area contributed by atoms with Crippen LogP contribution in [-0.2, 0) is 6.67 Å². The molecule has 3 heterocycles. The van der Waals surface area contributed by atoms with Gasteiger partial charge in [0, 0.05) is 38.2 Å². The average molecular weight is 644 g/mol. The summed E-state index contributed by atoms with van der Waals surface area (Å²) >= 11 is 1.79. The fourth-order valence-corrected chi connectivity index (χ4v) is 7.15. The molecular weight excluding hydrogens is 607 g/mol. The van der Waals surface area contributed by atoms with E-state index in [1.54, 1.807) is 17.4 Å². The lowest BCUT2D eigenvalue weighted by Gasteiger charge is -2.09. The van der Waals surface area contributed by atoms with Crippen LogP contribution in [0.1, 0.15) is 26.3 Å². The van der Waals surface area contributed by atoms with E-state index in [1.807, 2.05) is 75.5 Å². The second-order valence-corrected chi connectivity index (χ2v) is 11.8. The number of para-hydroxylation sites is 1. The zero-order chi connectivity index (χ0) is 33.5. The van der Waals surface area contributed by atoms with Gasteiger partial charge in [0.25, 0.3) is 0 Å². The number of thiophene rings is 1. The first-order valence-corrected chi connectivity index (χ1v) is 16.9. The summed E-state index contributed by atoms with van der Waals surface area (Å²) < 4.78 is 4.66. The summed E-state index contributed by atoms with van der Waals surface area (Å²) in [5, 5.41) is 3.49. The van der Waals surface area contributed by atoms with Crippen LogP contribution in [0.25, 0.3) is 53.2 Å². The molecule has 7 aromatic rings. The van der Waals surface area contributed by atoms with Gasteiger partial charge in [-0.2, -0.15) is 0 Å². The van der Waals surface area contributed by atoms with Crippen molar-refractivity contribution >= 4 is 71.8 Å². The molecule has 0 aliphatic rings. The van der Waals surface area contributed by atoms with E-state index in [0.29, 0.717) is 18.3 Å². The third-order valence-electron chi connectivity index (χ3n) is 8.06. The third kappa shape index (κ3) is 6.06. The van der Waals surface area contributed by atoms with E-state index in [4.69, 9.17) is 15.0 Å². The van der Waals surface area contributed by atoms with Gasteiger partial charge in [-0.3, -0.25) is 4.98 Å². The number of pyridine rings is 1. The third-order valence-corrected chi connectivity index (χ3v) is 9.23. The summed E-state index contributed by atoms with van der Waals surface area (Å²) in [6.45, 7) is 14.0. The molecule has 0 aliphatic carbocycles. The molecule has 3 aromatic heterocycles. The maximum absolute atomic E-state index is 5.17. The van der Waals surface area contributed by atoms with Gasteiger partial charge in [-0.05, 0) is 30.8 Å². The minimum absolute atomic E-state index is 0.331. The predicted molar refractivity (Wildman–Crippen MR) is 210 cm³/mol. The molecule has 0 unspecified atom stereocenters. The smallest absolute Gasteiger partial charge is 0.161 e. The number of nitrogens with zero attached hydrogens (tertiary/aromatic N) is 5. The first-order valence-electron chi connectivity index (χ1n) is 16.1. The second-order valence-electron chi connectivity index (χ2n) is 10.7. The van der Waals surface area contributed by atoms with E-state index in [0.717, 1.165) is 37.8 Å². The lowest BCUT2D eigenvalue weighted by molar-refractivity contribution is 0.793. The molecule has 4 aromatic carbocycles. The number of rotatable bonds is 7. The maximum atomic E-state index is 5.17. The molecule has 0 N–H and O–H groups in total. The maximum Gasteiger partial charge on any atom is 0.161 e. The summed E-state index contributed by atoms with van der Waals surface area (Å²) in [7, 11) is 0. The predicted octanol–water partition coefficient (Wildman–Crippen LogP) is 11.4. The van der Waals surface area contributed by atoms with E-state index in [-0.39, 0.29) is 0 Å². The largest absolute Gasteiger partial charge is 0.318 e. The quantitative estimate of drug-likeness (QED) is 0.0968. The Bertz CT molecular complexity index is 2370. The number of fused-ring (bicyclic) bond motifs is 7. The van der Waals surface area contributed by atoms with Gasteiger partial charge in [0.1, 0.15) is 6.67 Å². The van der Waals surface area contributed by atoms with Gasteiger partial charge in [0.05, 0.1) is 21.3 Å². The fourth-order valence-electron chi connectivity index (χ4n) is 5.94. The zero-order valence-corrected chi connectivity index (χ0v) is 28.3. The van der Waals surface area contributed by atoms with Crippen molar-refractivity contribution in [2.75, 3.05) is 0 Å². The fraction of sp³-hybridized carbons (Fsp3) is 0.0952. The molecule has 0 amide bonds. The monoisotopic (exact) mass is 643 g/mol. The van der Waals surface area contributed by atoms with E-state index in [2.05, 4.69) is 95.7 Å². The van der Waals surface area contributed by atoms with Gasteiger partial charge in [-0.15, -0.1) is 11.3 Å². The molecule has 5 nitrogen and oxygen atoms in total. The van der Waals surface area contributed by atoms with Gasteiger partial charge >= 0.3 is 0 Å². The van der Waals surface area contributed by atoms with Crippen molar-refractivity contribution in [3.05, 3.63) is 151 Å². The van der Waals surface area contributed by atoms with Gasteiger partial charge < -0.3 is 4.57 Å². The molecule has 236 valence electrons. The Kier molecular flexibility index (Phi) is 9.93. The number of aromatic nitrogens is 2. The lowest BCUT2D eigenvalue weighted by Crippen LogP contribution is -2.07. The standard InChI is InChI=1S/C40H31N5S.C2H6/c1-4-6-16-27(5-2)40(44-39(41-3)29-19-11-8-12-20-29)43-26-45-33-24-14-13-21-31(33)36-37(45)35-32-23-15-22-30(28-17-9-7-10-18-28)38(32)46-34(35)25-42-36;1-2/h4-25H,1,3,26H2,2H3;1-2H3/b16-6-,27-5+,43-40-,44-39?;. The molecule has 0 spiro atoms. The van der Waals surface area contributed by atoms with Crippen LogP contribution in [0, 0.1) is 0 Å². The van der Waals surface area contributed by atoms with Crippen LogP contribution in [0.5, 0.6) is 0 Å². The molecule has 0 atom stereocenters. The molecule has 0 saturated carbocycles. The summed E-state index contributed by atoms with van der Waals surface area (Å²) in [4.78, 5) is 19.4. The van der Waals surface area contributed by atoms with Crippen LogP contribution in [-0.4, -0.2) is 27.9 Å². The molecule has 48 heavy (non-hydrogen) atoms. The van der Waals surface area contributed by atoms with Gasteiger partial charge in [0.2, 0.25) is 0 Å².